The predicted molar refractivity (Wildman–Crippen MR) is 152 cm³/mol. The highest BCUT2D eigenvalue weighted by Crippen LogP contribution is 2.43. The molecule has 1 nitrogen and oxygen atoms in total. The normalized spacial score (nSPS) is 12.3. The van der Waals surface area contributed by atoms with Gasteiger partial charge in [-0.2, -0.15) is 0 Å². The van der Waals surface area contributed by atoms with Crippen molar-refractivity contribution in [3.8, 4) is 27.9 Å². The summed E-state index contributed by atoms with van der Waals surface area (Å²) in [4.78, 5) is 0. The fraction of sp³-hybridized carbons (Fsp3) is 0.0286. The summed E-state index contributed by atoms with van der Waals surface area (Å²) >= 11 is 0. The molecule has 36 heavy (non-hydrogen) atoms. The fourth-order valence-electron chi connectivity index (χ4n) is 6.24. The first-order valence-electron chi connectivity index (χ1n) is 12.6. The summed E-state index contributed by atoms with van der Waals surface area (Å²) < 4.78 is 2.40. The van der Waals surface area contributed by atoms with Crippen molar-refractivity contribution in [1.29, 1.82) is 0 Å². The maximum Gasteiger partial charge on any atom is 0.0547 e. The van der Waals surface area contributed by atoms with Crippen molar-refractivity contribution < 1.29 is 0 Å². The van der Waals surface area contributed by atoms with Crippen LogP contribution in [-0.2, 0) is 6.42 Å². The number of para-hydroxylation sites is 2. The second-order valence-electron chi connectivity index (χ2n) is 9.75. The Morgan fingerprint density at radius 3 is 2.14 bits per heavy atom. The molecule has 0 bridgehead atoms. The van der Waals surface area contributed by atoms with Crippen LogP contribution in [0.3, 0.4) is 0 Å². The molecule has 0 amide bonds. The van der Waals surface area contributed by atoms with Gasteiger partial charge in [0.05, 0.1) is 11.0 Å². The Labute approximate surface area is 209 Å². The first-order chi connectivity index (χ1) is 17.9. The van der Waals surface area contributed by atoms with Crippen LogP contribution in [0.1, 0.15) is 11.1 Å². The molecule has 0 spiro atoms. The number of benzene rings is 6. The summed E-state index contributed by atoms with van der Waals surface area (Å²) in [6.07, 6.45) is 0.991. The maximum atomic E-state index is 2.40. The number of rotatable bonds is 2. The van der Waals surface area contributed by atoms with Gasteiger partial charge in [-0.1, -0.05) is 103 Å². The zero-order chi connectivity index (χ0) is 23.6. The first kappa shape index (κ1) is 19.7. The molecule has 0 atom stereocenters. The molecule has 0 N–H and O–H groups in total. The average molecular weight is 458 g/mol. The van der Waals surface area contributed by atoms with E-state index in [2.05, 4.69) is 132 Å². The molecule has 1 heteroatoms. The largest absolute Gasteiger partial charge is 0.309 e. The van der Waals surface area contributed by atoms with E-state index in [1.165, 1.54) is 71.6 Å². The summed E-state index contributed by atoms with van der Waals surface area (Å²) in [5, 5.41) is 5.31. The maximum absolute atomic E-state index is 2.40. The van der Waals surface area contributed by atoms with Gasteiger partial charge in [-0.05, 0) is 74.8 Å². The fourth-order valence-corrected chi connectivity index (χ4v) is 6.24. The predicted octanol–water partition coefficient (Wildman–Crippen LogP) is 9.18. The number of hydrogen-bond acceptors (Lipinski definition) is 0. The van der Waals surface area contributed by atoms with Crippen molar-refractivity contribution >= 4 is 32.6 Å². The molecule has 1 aliphatic carbocycles. The van der Waals surface area contributed by atoms with Crippen LogP contribution in [-0.4, -0.2) is 4.57 Å². The second-order valence-corrected chi connectivity index (χ2v) is 9.75. The number of nitrogens with zero attached hydrogens (tertiary/aromatic N) is 1. The van der Waals surface area contributed by atoms with Crippen molar-refractivity contribution in [2.75, 3.05) is 0 Å². The highest BCUT2D eigenvalue weighted by Gasteiger charge is 2.20. The van der Waals surface area contributed by atoms with E-state index in [0.29, 0.717) is 0 Å². The Morgan fingerprint density at radius 1 is 0.444 bits per heavy atom. The highest BCUT2D eigenvalue weighted by atomic mass is 15.0. The van der Waals surface area contributed by atoms with E-state index < -0.39 is 0 Å². The summed E-state index contributed by atoms with van der Waals surface area (Å²) in [5.41, 5.74) is 11.8. The van der Waals surface area contributed by atoms with Crippen LogP contribution in [0.15, 0.2) is 127 Å². The SMILES string of the molecule is c1ccc(-n2c3ccccc3c3ccc(-c4ccc5c6c(cccc46)-c4ccccc4C5)cc32)cc1. The van der Waals surface area contributed by atoms with Crippen LogP contribution in [0.2, 0.25) is 0 Å². The molecular weight excluding hydrogens is 434 g/mol. The highest BCUT2D eigenvalue weighted by molar-refractivity contribution is 6.12. The van der Waals surface area contributed by atoms with E-state index >= 15 is 0 Å². The lowest BCUT2D eigenvalue weighted by Gasteiger charge is -2.22. The Balaban J connectivity index is 1.42. The van der Waals surface area contributed by atoms with Gasteiger partial charge in [0, 0.05) is 16.5 Å². The zero-order valence-corrected chi connectivity index (χ0v) is 19.8. The van der Waals surface area contributed by atoms with Crippen molar-refractivity contribution in [3.05, 3.63) is 139 Å². The molecule has 1 aliphatic rings. The van der Waals surface area contributed by atoms with Crippen LogP contribution in [0.25, 0.3) is 60.5 Å². The summed E-state index contributed by atoms with van der Waals surface area (Å²) in [6.45, 7) is 0. The first-order valence-corrected chi connectivity index (χ1v) is 12.6. The second kappa shape index (κ2) is 7.44. The van der Waals surface area contributed by atoms with Gasteiger partial charge < -0.3 is 4.57 Å². The van der Waals surface area contributed by atoms with Crippen molar-refractivity contribution in [2.24, 2.45) is 0 Å². The summed E-state index contributed by atoms with van der Waals surface area (Å²) in [6, 6.07) is 46.7. The van der Waals surface area contributed by atoms with Crippen molar-refractivity contribution in [2.45, 2.75) is 6.42 Å². The zero-order valence-electron chi connectivity index (χ0n) is 19.8. The quantitative estimate of drug-likeness (QED) is 0.244. The van der Waals surface area contributed by atoms with E-state index in [1.807, 2.05) is 0 Å². The third-order valence-corrected chi connectivity index (χ3v) is 7.81. The Bertz CT molecular complexity index is 1960. The molecule has 0 unspecified atom stereocenters. The molecule has 1 aromatic heterocycles. The lowest BCUT2D eigenvalue weighted by Crippen LogP contribution is -2.01. The Morgan fingerprint density at radius 2 is 1.19 bits per heavy atom. The van der Waals surface area contributed by atoms with E-state index in [4.69, 9.17) is 0 Å². The van der Waals surface area contributed by atoms with Crippen LogP contribution < -0.4 is 0 Å². The molecule has 0 saturated carbocycles. The number of hydrogen-bond donors (Lipinski definition) is 0. The minimum atomic E-state index is 0.991. The number of aromatic nitrogens is 1. The van der Waals surface area contributed by atoms with Gasteiger partial charge in [-0.15, -0.1) is 0 Å². The molecule has 8 rings (SSSR count). The van der Waals surface area contributed by atoms with Gasteiger partial charge in [0.1, 0.15) is 0 Å². The molecule has 0 fully saturated rings. The van der Waals surface area contributed by atoms with Crippen LogP contribution in [0.4, 0.5) is 0 Å². The number of fused-ring (bicyclic) bond motifs is 5. The molecule has 168 valence electrons. The van der Waals surface area contributed by atoms with Crippen molar-refractivity contribution in [3.63, 3.8) is 0 Å². The Hall–Kier alpha value is -4.62. The minimum Gasteiger partial charge on any atom is -0.309 e. The van der Waals surface area contributed by atoms with E-state index in [-0.39, 0.29) is 0 Å². The smallest absolute Gasteiger partial charge is 0.0547 e. The molecule has 0 radical (unpaired) electrons. The Kier molecular flexibility index (Phi) is 4.06. The molecular formula is C35H23N. The summed E-state index contributed by atoms with van der Waals surface area (Å²) in [5.74, 6) is 0. The van der Waals surface area contributed by atoms with Gasteiger partial charge in [0.15, 0.2) is 0 Å². The topological polar surface area (TPSA) is 4.93 Å². The molecule has 1 heterocycles. The molecule has 0 saturated heterocycles. The average Bonchev–Trinajstić information content (AvgIpc) is 3.27. The summed E-state index contributed by atoms with van der Waals surface area (Å²) in [7, 11) is 0. The lowest BCUT2D eigenvalue weighted by atomic mass is 9.82. The van der Waals surface area contributed by atoms with Crippen LogP contribution in [0, 0.1) is 0 Å². The van der Waals surface area contributed by atoms with Gasteiger partial charge >= 0.3 is 0 Å². The van der Waals surface area contributed by atoms with E-state index in [0.717, 1.165) is 6.42 Å². The lowest BCUT2D eigenvalue weighted by molar-refractivity contribution is 1.18. The van der Waals surface area contributed by atoms with Crippen LogP contribution in [0.5, 0.6) is 0 Å². The minimum absolute atomic E-state index is 0.991. The van der Waals surface area contributed by atoms with E-state index in [1.54, 1.807) is 0 Å². The third-order valence-electron chi connectivity index (χ3n) is 7.81. The van der Waals surface area contributed by atoms with Crippen LogP contribution >= 0.6 is 0 Å². The molecule has 0 aliphatic heterocycles. The van der Waals surface area contributed by atoms with E-state index in [9.17, 15) is 0 Å². The molecule has 7 aromatic rings. The monoisotopic (exact) mass is 457 g/mol. The standard InChI is InChI=1S/C35H23N/c1-2-10-26(11-3-1)36-33-16-7-6-13-29(33)30-20-17-24(22-34(30)36)28-19-18-25-21-23-9-4-5-12-27(23)31-14-8-15-32(28)35(25)31/h1-20,22H,21H2. The van der Waals surface area contributed by atoms with Crippen molar-refractivity contribution in [1.82, 2.24) is 4.57 Å². The van der Waals surface area contributed by atoms with Gasteiger partial charge in [0.2, 0.25) is 0 Å². The van der Waals surface area contributed by atoms with Gasteiger partial charge in [-0.25, -0.2) is 0 Å². The van der Waals surface area contributed by atoms with Gasteiger partial charge in [-0.3, -0.25) is 0 Å². The third kappa shape index (κ3) is 2.71. The molecule has 6 aromatic carbocycles. The van der Waals surface area contributed by atoms with Gasteiger partial charge in [0.25, 0.3) is 0 Å².